The monoisotopic (exact) mass is 413 g/mol. The van der Waals surface area contributed by atoms with Gasteiger partial charge in [0.2, 0.25) is 10.0 Å². The molecule has 0 saturated carbocycles. The van der Waals surface area contributed by atoms with Gasteiger partial charge in [-0.15, -0.1) is 0 Å². The zero-order chi connectivity index (χ0) is 20.4. The predicted octanol–water partition coefficient (Wildman–Crippen LogP) is 2.45. The van der Waals surface area contributed by atoms with Crippen molar-refractivity contribution in [2.24, 2.45) is 0 Å². The summed E-state index contributed by atoms with van der Waals surface area (Å²) in [5.41, 5.74) is 5.06. The van der Waals surface area contributed by atoms with E-state index < -0.39 is 10.0 Å². The molecule has 1 aliphatic heterocycles. The number of aliphatic hydroxyl groups excluding tert-OH is 1. The second kappa shape index (κ2) is 7.98. The maximum Gasteiger partial charge on any atom is 0.211 e. The molecule has 2 heterocycles. The van der Waals surface area contributed by atoms with Gasteiger partial charge < -0.3 is 9.84 Å². The minimum Gasteiger partial charge on any atom is -0.491 e. The fourth-order valence-electron chi connectivity index (χ4n) is 3.50. The van der Waals surface area contributed by atoms with Crippen LogP contribution in [0.2, 0.25) is 0 Å². The molecule has 0 bridgehead atoms. The largest absolute Gasteiger partial charge is 0.491 e. The predicted molar refractivity (Wildman–Crippen MR) is 113 cm³/mol. The molecule has 0 fully saturated rings. The summed E-state index contributed by atoms with van der Waals surface area (Å²) in [6.45, 7) is 1.17. The summed E-state index contributed by atoms with van der Waals surface area (Å²) >= 11 is 0. The van der Waals surface area contributed by atoms with Crippen LogP contribution >= 0.6 is 0 Å². The average Bonchev–Trinajstić information content (AvgIpc) is 3.15. The molecule has 0 radical (unpaired) electrons. The van der Waals surface area contributed by atoms with Crippen LogP contribution < -0.4 is 4.74 Å². The van der Waals surface area contributed by atoms with Gasteiger partial charge in [-0.2, -0.15) is 4.31 Å². The number of rotatable bonds is 6. The molecule has 2 aromatic carbocycles. The number of hydrogen-bond donors (Lipinski definition) is 1. The smallest absolute Gasteiger partial charge is 0.211 e. The molecule has 7 nitrogen and oxygen atoms in total. The second-order valence-corrected chi connectivity index (χ2v) is 8.97. The maximum atomic E-state index is 11.7. The van der Waals surface area contributed by atoms with Crippen LogP contribution in [0.25, 0.3) is 22.3 Å². The van der Waals surface area contributed by atoms with Crippen LogP contribution in [-0.4, -0.2) is 59.9 Å². The van der Waals surface area contributed by atoms with Crippen LogP contribution in [0.1, 0.15) is 12.0 Å². The summed E-state index contributed by atoms with van der Waals surface area (Å²) in [6, 6.07) is 13.8. The highest BCUT2D eigenvalue weighted by molar-refractivity contribution is 7.88. The van der Waals surface area contributed by atoms with Crippen LogP contribution in [0.3, 0.4) is 0 Å². The van der Waals surface area contributed by atoms with Crippen molar-refractivity contribution in [2.45, 2.75) is 6.42 Å². The van der Waals surface area contributed by atoms with Crippen LogP contribution in [0.5, 0.6) is 5.75 Å². The molecular weight excluding hydrogens is 390 g/mol. The number of nitrogens with zero attached hydrogens (tertiary/aromatic N) is 3. The molecule has 8 heteroatoms. The van der Waals surface area contributed by atoms with Gasteiger partial charge in [-0.25, -0.2) is 13.4 Å². The van der Waals surface area contributed by atoms with Crippen molar-refractivity contribution in [1.29, 1.82) is 0 Å². The van der Waals surface area contributed by atoms with Crippen molar-refractivity contribution in [3.63, 3.8) is 0 Å². The first kappa shape index (κ1) is 19.6. The van der Waals surface area contributed by atoms with E-state index in [1.807, 2.05) is 47.0 Å². The lowest BCUT2D eigenvalue weighted by Gasteiger charge is -2.24. The Morgan fingerprint density at radius 2 is 1.97 bits per heavy atom. The molecule has 4 rings (SSSR count). The zero-order valence-corrected chi connectivity index (χ0v) is 17.0. The summed E-state index contributed by atoms with van der Waals surface area (Å²) in [7, 11) is -3.15. The summed E-state index contributed by atoms with van der Waals surface area (Å²) in [4.78, 5) is 4.54. The van der Waals surface area contributed by atoms with Crippen molar-refractivity contribution in [3.05, 3.63) is 60.4 Å². The van der Waals surface area contributed by atoms with Crippen molar-refractivity contribution in [3.8, 4) is 11.4 Å². The fraction of sp³-hybridized carbons (Fsp3) is 0.286. The molecule has 0 unspecified atom stereocenters. The summed E-state index contributed by atoms with van der Waals surface area (Å²) in [5, 5.41) is 8.85. The van der Waals surface area contributed by atoms with E-state index in [2.05, 4.69) is 11.1 Å². The first-order valence-corrected chi connectivity index (χ1v) is 11.3. The Labute approximate surface area is 169 Å². The number of aliphatic hydroxyl groups is 1. The minimum absolute atomic E-state index is 0.0149. The molecule has 1 aromatic heterocycles. The highest BCUT2D eigenvalue weighted by atomic mass is 32.2. The molecule has 0 atom stereocenters. The SMILES string of the molecule is CS(=O)(=O)N1CC=C(c2ccc3c(c2)ncn3-c2ccc(OCCO)cc2)CC1. The molecule has 29 heavy (non-hydrogen) atoms. The van der Waals surface area contributed by atoms with Gasteiger partial charge in [-0.05, 0) is 54.0 Å². The highest BCUT2D eigenvalue weighted by Gasteiger charge is 2.20. The number of hydrogen-bond acceptors (Lipinski definition) is 5. The maximum absolute atomic E-state index is 11.7. The van der Waals surface area contributed by atoms with Gasteiger partial charge >= 0.3 is 0 Å². The molecule has 0 spiro atoms. The number of aromatic nitrogens is 2. The van der Waals surface area contributed by atoms with Crippen molar-refractivity contribution in [1.82, 2.24) is 13.9 Å². The Morgan fingerprint density at radius 1 is 1.17 bits per heavy atom. The molecule has 152 valence electrons. The molecule has 0 aliphatic carbocycles. The Bertz CT molecular complexity index is 1150. The van der Waals surface area contributed by atoms with Gasteiger partial charge in [0, 0.05) is 18.8 Å². The standard InChI is InChI=1S/C21H23N3O4S/c1-29(26,27)23-10-8-16(9-11-23)17-2-7-21-20(14-17)22-15-24(21)18-3-5-19(6-4-18)28-13-12-25/h2-8,14-15,25H,9-13H2,1H3. The zero-order valence-electron chi connectivity index (χ0n) is 16.2. The third-order valence-corrected chi connectivity index (χ3v) is 6.30. The van der Waals surface area contributed by atoms with E-state index in [0.29, 0.717) is 25.3 Å². The van der Waals surface area contributed by atoms with Gasteiger partial charge in [0.05, 0.1) is 23.9 Å². The molecule has 1 aliphatic rings. The van der Waals surface area contributed by atoms with E-state index in [1.165, 1.54) is 10.6 Å². The van der Waals surface area contributed by atoms with E-state index in [0.717, 1.165) is 27.9 Å². The summed E-state index contributed by atoms with van der Waals surface area (Å²) in [5.74, 6) is 0.710. The van der Waals surface area contributed by atoms with Crippen molar-refractivity contribution in [2.75, 3.05) is 32.6 Å². The lowest BCUT2D eigenvalue weighted by Crippen LogP contribution is -2.33. The minimum atomic E-state index is -3.15. The van der Waals surface area contributed by atoms with Crippen LogP contribution in [0.4, 0.5) is 0 Å². The van der Waals surface area contributed by atoms with Crippen LogP contribution in [0, 0.1) is 0 Å². The van der Waals surface area contributed by atoms with Crippen LogP contribution in [-0.2, 0) is 10.0 Å². The topological polar surface area (TPSA) is 84.7 Å². The first-order chi connectivity index (χ1) is 14.0. The molecule has 0 saturated heterocycles. The van der Waals surface area contributed by atoms with Gasteiger partial charge in [0.1, 0.15) is 18.7 Å². The number of sulfonamides is 1. The number of imidazole rings is 1. The lowest BCUT2D eigenvalue weighted by molar-refractivity contribution is 0.201. The second-order valence-electron chi connectivity index (χ2n) is 6.98. The third kappa shape index (κ3) is 4.19. The summed E-state index contributed by atoms with van der Waals surface area (Å²) in [6.07, 6.45) is 5.71. The van der Waals surface area contributed by atoms with Gasteiger partial charge in [-0.1, -0.05) is 12.1 Å². The van der Waals surface area contributed by atoms with Crippen molar-refractivity contribution < 1.29 is 18.3 Å². The normalized spacial score (nSPS) is 15.4. The average molecular weight is 413 g/mol. The van der Waals surface area contributed by atoms with E-state index in [9.17, 15) is 8.42 Å². The van der Waals surface area contributed by atoms with Gasteiger partial charge in [-0.3, -0.25) is 4.57 Å². The fourth-order valence-corrected chi connectivity index (χ4v) is 4.27. The van der Waals surface area contributed by atoms with E-state index in [4.69, 9.17) is 9.84 Å². The van der Waals surface area contributed by atoms with Crippen molar-refractivity contribution >= 4 is 26.6 Å². The van der Waals surface area contributed by atoms with E-state index in [1.54, 1.807) is 6.33 Å². The highest BCUT2D eigenvalue weighted by Crippen LogP contribution is 2.27. The van der Waals surface area contributed by atoms with Gasteiger partial charge in [0.15, 0.2) is 0 Å². The first-order valence-electron chi connectivity index (χ1n) is 9.41. The summed E-state index contributed by atoms with van der Waals surface area (Å²) < 4.78 is 32.3. The third-order valence-electron chi connectivity index (χ3n) is 5.03. The molecule has 3 aromatic rings. The van der Waals surface area contributed by atoms with E-state index >= 15 is 0 Å². The van der Waals surface area contributed by atoms with E-state index in [-0.39, 0.29) is 13.2 Å². The number of ether oxygens (including phenoxy) is 1. The van der Waals surface area contributed by atoms with Crippen LogP contribution in [0.15, 0.2) is 54.9 Å². The molecule has 1 N–H and O–H groups in total. The Balaban J connectivity index is 1.57. The lowest BCUT2D eigenvalue weighted by atomic mass is 10.00. The van der Waals surface area contributed by atoms with Gasteiger partial charge in [0.25, 0.3) is 0 Å². The quantitative estimate of drug-likeness (QED) is 0.671. The molecule has 0 amide bonds. The number of fused-ring (bicyclic) bond motifs is 1. The number of benzene rings is 2. The molecular formula is C21H23N3O4S. The Morgan fingerprint density at radius 3 is 2.62 bits per heavy atom. The Kier molecular flexibility index (Phi) is 5.40. The Hall–Kier alpha value is -2.68.